The molecule has 1 N–H and O–H groups in total. The van der Waals surface area contributed by atoms with Gasteiger partial charge in [0.1, 0.15) is 0 Å². The van der Waals surface area contributed by atoms with Crippen molar-refractivity contribution < 1.29 is 0 Å². The fourth-order valence-corrected chi connectivity index (χ4v) is 3.99. The second-order valence-corrected chi connectivity index (χ2v) is 6.58. The van der Waals surface area contributed by atoms with Crippen LogP contribution in [0.3, 0.4) is 0 Å². The molecule has 0 bridgehead atoms. The first kappa shape index (κ1) is 16.5. The minimum absolute atomic E-state index is 0.385. The van der Waals surface area contributed by atoms with Crippen molar-refractivity contribution in [2.24, 2.45) is 0 Å². The summed E-state index contributed by atoms with van der Waals surface area (Å²) < 4.78 is 0. The lowest BCUT2D eigenvalue weighted by Crippen LogP contribution is -2.63. The van der Waals surface area contributed by atoms with Gasteiger partial charge in [-0.3, -0.25) is 4.90 Å². The maximum absolute atomic E-state index is 3.75. The standard InChI is InChI=1S/C19H32N2/c1-5-19(6-2,7-3)21-15-18(20-14-16(21)4)13-17-11-9-8-10-12-17/h8-12,16,18,20H,5-7,13-15H2,1-4H3. The molecule has 1 saturated heterocycles. The Morgan fingerprint density at radius 2 is 1.71 bits per heavy atom. The molecule has 2 rings (SSSR count). The van der Waals surface area contributed by atoms with Gasteiger partial charge in [-0.2, -0.15) is 0 Å². The maximum atomic E-state index is 3.75. The van der Waals surface area contributed by atoms with Gasteiger partial charge < -0.3 is 5.32 Å². The van der Waals surface area contributed by atoms with Crippen LogP contribution in [0.15, 0.2) is 30.3 Å². The SMILES string of the molecule is CCC(CC)(CC)N1CC(Cc2ccccc2)NCC1C. The molecule has 2 atom stereocenters. The minimum Gasteiger partial charge on any atom is -0.311 e. The van der Waals surface area contributed by atoms with E-state index in [9.17, 15) is 0 Å². The number of piperazine rings is 1. The number of benzene rings is 1. The molecule has 0 spiro atoms. The summed E-state index contributed by atoms with van der Waals surface area (Å²) in [6, 6.07) is 12.1. The third-order valence-corrected chi connectivity index (χ3v) is 5.56. The lowest BCUT2D eigenvalue weighted by atomic mass is 9.84. The molecular weight excluding hydrogens is 256 g/mol. The molecule has 1 aromatic carbocycles. The average molecular weight is 288 g/mol. The predicted molar refractivity (Wildman–Crippen MR) is 91.7 cm³/mol. The molecule has 0 amide bonds. The van der Waals surface area contributed by atoms with E-state index in [1.165, 1.54) is 31.4 Å². The molecule has 0 aromatic heterocycles. The Labute approximate surface area is 130 Å². The molecule has 118 valence electrons. The molecule has 2 unspecified atom stereocenters. The minimum atomic E-state index is 0.385. The van der Waals surface area contributed by atoms with Crippen molar-refractivity contribution in [2.75, 3.05) is 13.1 Å². The van der Waals surface area contributed by atoms with E-state index in [2.05, 4.69) is 68.2 Å². The second-order valence-electron chi connectivity index (χ2n) is 6.58. The van der Waals surface area contributed by atoms with Crippen LogP contribution in [0.4, 0.5) is 0 Å². The van der Waals surface area contributed by atoms with Crippen LogP contribution in [0.5, 0.6) is 0 Å². The van der Waals surface area contributed by atoms with Crippen LogP contribution in [0, 0.1) is 0 Å². The van der Waals surface area contributed by atoms with Gasteiger partial charge in [0, 0.05) is 30.7 Å². The normalized spacial score (nSPS) is 24.2. The molecule has 0 radical (unpaired) electrons. The summed E-state index contributed by atoms with van der Waals surface area (Å²) in [6.07, 6.45) is 4.89. The Bertz CT molecular complexity index is 403. The monoisotopic (exact) mass is 288 g/mol. The summed E-state index contributed by atoms with van der Waals surface area (Å²) in [5, 5.41) is 3.75. The van der Waals surface area contributed by atoms with Crippen molar-refractivity contribution >= 4 is 0 Å². The first-order valence-electron chi connectivity index (χ1n) is 8.69. The molecule has 2 nitrogen and oxygen atoms in total. The highest BCUT2D eigenvalue weighted by Crippen LogP contribution is 2.31. The van der Waals surface area contributed by atoms with E-state index in [1.807, 2.05) is 0 Å². The van der Waals surface area contributed by atoms with E-state index in [0.717, 1.165) is 13.0 Å². The molecule has 1 fully saturated rings. The van der Waals surface area contributed by atoms with Gasteiger partial charge in [0.05, 0.1) is 0 Å². The zero-order valence-corrected chi connectivity index (χ0v) is 14.2. The van der Waals surface area contributed by atoms with Crippen molar-refractivity contribution in [1.29, 1.82) is 0 Å². The molecule has 2 heteroatoms. The number of nitrogens with zero attached hydrogens (tertiary/aromatic N) is 1. The Morgan fingerprint density at radius 3 is 2.29 bits per heavy atom. The van der Waals surface area contributed by atoms with Gasteiger partial charge in [0.25, 0.3) is 0 Å². The van der Waals surface area contributed by atoms with E-state index in [4.69, 9.17) is 0 Å². The number of hydrogen-bond acceptors (Lipinski definition) is 2. The molecule has 1 aromatic rings. The summed E-state index contributed by atoms with van der Waals surface area (Å²) in [6.45, 7) is 11.7. The first-order valence-corrected chi connectivity index (χ1v) is 8.69. The Morgan fingerprint density at radius 1 is 1.10 bits per heavy atom. The Kier molecular flexibility index (Phi) is 5.83. The smallest absolute Gasteiger partial charge is 0.0236 e. The van der Waals surface area contributed by atoms with E-state index in [-0.39, 0.29) is 0 Å². The van der Waals surface area contributed by atoms with Gasteiger partial charge in [0.15, 0.2) is 0 Å². The van der Waals surface area contributed by atoms with Crippen molar-refractivity contribution in [3.8, 4) is 0 Å². The first-order chi connectivity index (χ1) is 10.1. The van der Waals surface area contributed by atoms with Gasteiger partial charge in [-0.15, -0.1) is 0 Å². The molecular formula is C19H32N2. The second kappa shape index (κ2) is 7.42. The summed E-state index contributed by atoms with van der Waals surface area (Å²) in [5.74, 6) is 0. The summed E-state index contributed by atoms with van der Waals surface area (Å²) in [4.78, 5) is 2.79. The van der Waals surface area contributed by atoms with Crippen molar-refractivity contribution in [1.82, 2.24) is 10.2 Å². The van der Waals surface area contributed by atoms with Crippen LogP contribution in [0.25, 0.3) is 0 Å². The fraction of sp³-hybridized carbons (Fsp3) is 0.684. The Hall–Kier alpha value is -0.860. The van der Waals surface area contributed by atoms with E-state index in [0.29, 0.717) is 17.6 Å². The van der Waals surface area contributed by atoms with Gasteiger partial charge in [-0.25, -0.2) is 0 Å². The van der Waals surface area contributed by atoms with Crippen molar-refractivity contribution in [2.45, 2.75) is 71.0 Å². The number of hydrogen-bond donors (Lipinski definition) is 1. The topological polar surface area (TPSA) is 15.3 Å². The molecule has 21 heavy (non-hydrogen) atoms. The van der Waals surface area contributed by atoms with Gasteiger partial charge >= 0.3 is 0 Å². The average Bonchev–Trinajstić information content (AvgIpc) is 2.53. The van der Waals surface area contributed by atoms with E-state index in [1.54, 1.807) is 0 Å². The van der Waals surface area contributed by atoms with Crippen LogP contribution < -0.4 is 5.32 Å². The lowest BCUT2D eigenvalue weighted by molar-refractivity contribution is 0.00685. The molecule has 1 aliphatic heterocycles. The van der Waals surface area contributed by atoms with Crippen LogP contribution >= 0.6 is 0 Å². The largest absolute Gasteiger partial charge is 0.311 e. The highest BCUT2D eigenvalue weighted by Gasteiger charge is 2.38. The van der Waals surface area contributed by atoms with Gasteiger partial charge in [0.2, 0.25) is 0 Å². The Balaban J connectivity index is 2.08. The van der Waals surface area contributed by atoms with Crippen molar-refractivity contribution in [3.63, 3.8) is 0 Å². The zero-order chi connectivity index (χ0) is 15.3. The van der Waals surface area contributed by atoms with Crippen LogP contribution in [0.1, 0.15) is 52.5 Å². The summed E-state index contributed by atoms with van der Waals surface area (Å²) >= 11 is 0. The summed E-state index contributed by atoms with van der Waals surface area (Å²) in [5.41, 5.74) is 1.83. The highest BCUT2D eigenvalue weighted by atomic mass is 15.3. The molecule has 0 aliphatic carbocycles. The molecule has 1 heterocycles. The fourth-order valence-electron chi connectivity index (χ4n) is 3.99. The molecule has 1 aliphatic rings. The van der Waals surface area contributed by atoms with Crippen LogP contribution in [-0.2, 0) is 6.42 Å². The third-order valence-electron chi connectivity index (χ3n) is 5.56. The number of rotatable bonds is 6. The summed E-state index contributed by atoms with van der Waals surface area (Å²) in [7, 11) is 0. The van der Waals surface area contributed by atoms with Crippen molar-refractivity contribution in [3.05, 3.63) is 35.9 Å². The maximum Gasteiger partial charge on any atom is 0.0236 e. The van der Waals surface area contributed by atoms with Crippen LogP contribution in [-0.4, -0.2) is 35.6 Å². The van der Waals surface area contributed by atoms with Crippen LogP contribution in [0.2, 0.25) is 0 Å². The van der Waals surface area contributed by atoms with E-state index < -0.39 is 0 Å². The quantitative estimate of drug-likeness (QED) is 0.855. The van der Waals surface area contributed by atoms with Gasteiger partial charge in [-0.1, -0.05) is 51.1 Å². The number of nitrogens with one attached hydrogen (secondary N) is 1. The highest BCUT2D eigenvalue weighted by molar-refractivity contribution is 5.16. The zero-order valence-electron chi connectivity index (χ0n) is 14.2. The predicted octanol–water partition coefficient (Wildman–Crippen LogP) is 3.86. The van der Waals surface area contributed by atoms with E-state index >= 15 is 0 Å². The van der Waals surface area contributed by atoms with Gasteiger partial charge in [-0.05, 0) is 38.2 Å². The third kappa shape index (κ3) is 3.67. The lowest BCUT2D eigenvalue weighted by Gasteiger charge is -2.51. The molecule has 0 saturated carbocycles.